The van der Waals surface area contributed by atoms with Crippen LogP contribution in [0.25, 0.3) is 11.2 Å². The predicted molar refractivity (Wildman–Crippen MR) is 128 cm³/mol. The van der Waals surface area contributed by atoms with Crippen molar-refractivity contribution >= 4 is 30.8 Å². The molecule has 4 heterocycles. The van der Waals surface area contributed by atoms with Crippen molar-refractivity contribution in [2.24, 2.45) is 0 Å². The van der Waals surface area contributed by atoms with E-state index in [9.17, 15) is 19.1 Å². The number of benzene rings is 1. The molecule has 3 unspecified atom stereocenters. The van der Waals surface area contributed by atoms with E-state index < -0.39 is 51.3 Å². The van der Waals surface area contributed by atoms with Crippen molar-refractivity contribution in [3.05, 3.63) is 48.5 Å². The Labute approximate surface area is 211 Å². The monoisotopic (exact) mass is 534 g/mol. The molecule has 0 bridgehead atoms. The highest BCUT2D eigenvalue weighted by Gasteiger charge is 2.54. The summed E-state index contributed by atoms with van der Waals surface area (Å²) >= 11 is 0. The lowest BCUT2D eigenvalue weighted by atomic mass is 10.1. The number of aromatic nitrogens is 4. The van der Waals surface area contributed by atoms with E-state index >= 15 is 0 Å². The third-order valence-electron chi connectivity index (χ3n) is 6.01. The lowest BCUT2D eigenvalue weighted by molar-refractivity contribution is -0.152. The van der Waals surface area contributed by atoms with E-state index in [1.807, 2.05) is 37.3 Å². The number of unbranched alkanes of at least 4 members (excludes halogenated alkanes) is 1. The number of nitrogens with one attached hydrogen (secondary N) is 2. The first-order valence-corrected chi connectivity index (χ1v) is 13.3. The molecule has 0 saturated carbocycles. The largest absolute Gasteiger partial charge is 0.469 e. The molecule has 14 nitrogen and oxygen atoms in total. The molecule has 4 N–H and O–H groups in total. The third-order valence-corrected chi connectivity index (χ3v) is 6.49. The van der Waals surface area contributed by atoms with Crippen LogP contribution in [0.4, 0.5) is 10.6 Å². The molecular formula is C22H27N6O8P. The first-order valence-electron chi connectivity index (χ1n) is 11.8. The molecule has 0 spiro atoms. The number of phosphoric acid groups is 1. The highest BCUT2D eigenvalue weighted by Crippen LogP contribution is 2.46. The number of ether oxygens (including phenoxy) is 3. The van der Waals surface area contributed by atoms with Gasteiger partial charge in [-0.05, 0) is 6.42 Å². The molecule has 198 valence electrons. The predicted octanol–water partition coefficient (Wildman–Crippen LogP) is 2.24. The van der Waals surface area contributed by atoms with Crippen LogP contribution in [0.2, 0.25) is 0 Å². The van der Waals surface area contributed by atoms with Crippen LogP contribution in [0, 0.1) is 0 Å². The summed E-state index contributed by atoms with van der Waals surface area (Å²) in [4.78, 5) is 43.5. The molecule has 2 aliphatic heterocycles. The van der Waals surface area contributed by atoms with Gasteiger partial charge in [-0.15, -0.1) is 0 Å². The van der Waals surface area contributed by atoms with Crippen LogP contribution in [-0.2, 0) is 23.3 Å². The molecule has 0 aliphatic carbocycles. The summed E-state index contributed by atoms with van der Waals surface area (Å²) in [6, 6.07) is 8.87. The van der Waals surface area contributed by atoms with Gasteiger partial charge in [-0.2, -0.15) is 0 Å². The summed E-state index contributed by atoms with van der Waals surface area (Å²) < 4.78 is 36.1. The molecule has 2 aromatic heterocycles. The van der Waals surface area contributed by atoms with Crippen molar-refractivity contribution in [1.82, 2.24) is 24.8 Å². The van der Waals surface area contributed by atoms with E-state index in [2.05, 4.69) is 25.6 Å². The third kappa shape index (κ3) is 5.65. The number of anilines is 1. The quantitative estimate of drug-likeness (QED) is 0.234. The van der Waals surface area contributed by atoms with Gasteiger partial charge >= 0.3 is 13.9 Å². The molecule has 2 fully saturated rings. The molecule has 2 aliphatic rings. The number of urea groups is 1. The van der Waals surface area contributed by atoms with E-state index in [1.165, 1.54) is 12.7 Å². The Hall–Kier alpha value is -2.97. The molecule has 2 amide bonds. The molecule has 2 saturated heterocycles. The Morgan fingerprint density at radius 1 is 1.14 bits per heavy atom. The zero-order chi connectivity index (χ0) is 26.0. The molecular weight excluding hydrogens is 507 g/mol. The van der Waals surface area contributed by atoms with Gasteiger partial charge in [0, 0.05) is 12.1 Å². The van der Waals surface area contributed by atoms with Gasteiger partial charge in [0.05, 0.1) is 12.9 Å². The van der Waals surface area contributed by atoms with Gasteiger partial charge in [-0.1, -0.05) is 43.7 Å². The summed E-state index contributed by atoms with van der Waals surface area (Å²) in [5.74, 6) is 0.222. The van der Waals surface area contributed by atoms with Crippen molar-refractivity contribution in [3.8, 4) is 0 Å². The number of phosphoric ester groups is 1. The lowest BCUT2D eigenvalue weighted by Gasteiger charge is -2.21. The molecule has 5 atom stereocenters. The fourth-order valence-electron chi connectivity index (χ4n) is 4.29. The van der Waals surface area contributed by atoms with Crippen LogP contribution in [0.1, 0.15) is 37.8 Å². The van der Waals surface area contributed by atoms with Crippen molar-refractivity contribution in [3.63, 3.8) is 0 Å². The molecule has 3 aromatic rings. The summed E-state index contributed by atoms with van der Waals surface area (Å²) in [7, 11) is -4.74. The lowest BCUT2D eigenvalue weighted by Crippen LogP contribution is -2.31. The highest BCUT2D eigenvalue weighted by molar-refractivity contribution is 7.46. The molecule has 5 rings (SSSR count). The van der Waals surface area contributed by atoms with Gasteiger partial charge in [0.2, 0.25) is 0 Å². The normalized spacial score (nSPS) is 25.3. The van der Waals surface area contributed by atoms with Crippen molar-refractivity contribution in [2.45, 2.75) is 50.6 Å². The number of hydrogen-bond acceptors (Lipinski definition) is 9. The summed E-state index contributed by atoms with van der Waals surface area (Å²) in [5.41, 5.74) is 1.48. The van der Waals surface area contributed by atoms with E-state index in [0.29, 0.717) is 17.7 Å². The first kappa shape index (κ1) is 25.7. The van der Waals surface area contributed by atoms with Crippen LogP contribution in [0.3, 0.4) is 0 Å². The van der Waals surface area contributed by atoms with Crippen LogP contribution in [-0.4, -0.2) is 66.8 Å². The van der Waals surface area contributed by atoms with Crippen LogP contribution >= 0.6 is 7.82 Å². The Balaban J connectivity index is 1.41. The fourth-order valence-corrected chi connectivity index (χ4v) is 4.63. The Kier molecular flexibility index (Phi) is 7.49. The van der Waals surface area contributed by atoms with Gasteiger partial charge in [0.1, 0.15) is 24.6 Å². The van der Waals surface area contributed by atoms with Crippen LogP contribution in [0.15, 0.2) is 43.0 Å². The van der Waals surface area contributed by atoms with E-state index in [4.69, 9.17) is 18.7 Å². The zero-order valence-corrected chi connectivity index (χ0v) is 20.7. The number of imidazole rings is 1. The maximum Gasteiger partial charge on any atom is 0.469 e. The Bertz CT molecular complexity index is 1290. The first-order chi connectivity index (χ1) is 17.8. The van der Waals surface area contributed by atoms with Gasteiger partial charge < -0.3 is 29.3 Å². The van der Waals surface area contributed by atoms with Gasteiger partial charge in [0.15, 0.2) is 29.5 Å². The second kappa shape index (κ2) is 10.8. The smallest absolute Gasteiger partial charge is 0.347 e. The number of carbonyl (C=O) groups is 1. The molecule has 0 radical (unpaired) electrons. The fraction of sp³-hybridized carbons (Fsp3) is 0.455. The number of nitrogens with zero attached hydrogens (tertiary/aromatic N) is 4. The maximum atomic E-state index is 12.3. The van der Waals surface area contributed by atoms with Gasteiger partial charge in [-0.25, -0.2) is 24.3 Å². The Morgan fingerprint density at radius 2 is 1.92 bits per heavy atom. The van der Waals surface area contributed by atoms with E-state index in [1.54, 1.807) is 4.57 Å². The van der Waals surface area contributed by atoms with Crippen molar-refractivity contribution in [2.75, 3.05) is 18.5 Å². The SMILES string of the molecule is CCCCNC(=O)Nc1ncnc2c1ncn2[C@@H]1O[C@H](COP(=O)(O)O)C2OC(c3ccccc3)OC21. The minimum absolute atomic E-state index is 0.222. The number of fused-ring (bicyclic) bond motifs is 2. The maximum absolute atomic E-state index is 12.3. The average molecular weight is 534 g/mol. The summed E-state index contributed by atoms with van der Waals surface area (Å²) in [6.07, 6.45) is 0.834. The Morgan fingerprint density at radius 3 is 2.68 bits per heavy atom. The molecule has 37 heavy (non-hydrogen) atoms. The van der Waals surface area contributed by atoms with E-state index in [0.717, 1.165) is 18.4 Å². The number of hydrogen-bond donors (Lipinski definition) is 4. The zero-order valence-electron chi connectivity index (χ0n) is 19.8. The summed E-state index contributed by atoms with van der Waals surface area (Å²) in [6.45, 7) is 2.14. The second-order valence-electron chi connectivity index (χ2n) is 8.58. The minimum atomic E-state index is -4.74. The second-order valence-corrected chi connectivity index (χ2v) is 9.82. The van der Waals surface area contributed by atoms with E-state index in [-0.39, 0.29) is 5.82 Å². The molecule has 15 heteroatoms. The van der Waals surface area contributed by atoms with Gasteiger partial charge in [-0.3, -0.25) is 14.4 Å². The molecule has 1 aromatic carbocycles. The van der Waals surface area contributed by atoms with Crippen molar-refractivity contribution in [1.29, 1.82) is 0 Å². The van der Waals surface area contributed by atoms with Crippen LogP contribution < -0.4 is 10.6 Å². The summed E-state index contributed by atoms with van der Waals surface area (Å²) in [5, 5.41) is 5.45. The topological polar surface area (TPSA) is 179 Å². The highest BCUT2D eigenvalue weighted by atomic mass is 31.2. The minimum Gasteiger partial charge on any atom is -0.347 e. The van der Waals surface area contributed by atoms with Crippen molar-refractivity contribution < 1.29 is 37.9 Å². The number of rotatable bonds is 9. The van der Waals surface area contributed by atoms with Gasteiger partial charge in [0.25, 0.3) is 0 Å². The average Bonchev–Trinajstić information content (AvgIpc) is 3.57. The number of amides is 2. The number of carbonyl (C=O) groups excluding carboxylic acids is 1. The standard InChI is InChI=1S/C22H27N6O8P/c1-2-3-9-23-22(29)27-18-15-19(25-11-24-18)28(12-26-15)20-17-16(14(34-20)10-33-37(30,31)32)35-21(36-17)13-7-5-4-6-8-13/h4-8,11-12,14,16-17,20-21H,2-3,9-10H2,1H3,(H2,30,31,32)(H2,23,24,25,27,29)/t14-,16?,17?,20-,21?/m1/s1. The van der Waals surface area contributed by atoms with Crippen LogP contribution in [0.5, 0.6) is 0 Å².